The van der Waals surface area contributed by atoms with Crippen LogP contribution in [0.25, 0.3) is 0 Å². The summed E-state index contributed by atoms with van der Waals surface area (Å²) in [5.41, 5.74) is 3.23. The van der Waals surface area contributed by atoms with Gasteiger partial charge in [0.1, 0.15) is 17.2 Å². The predicted molar refractivity (Wildman–Crippen MR) is 103 cm³/mol. The summed E-state index contributed by atoms with van der Waals surface area (Å²) >= 11 is 0. The van der Waals surface area contributed by atoms with Crippen LogP contribution >= 0.6 is 7.82 Å². The average Bonchev–Trinajstić information content (AvgIpc) is 2.61. The monoisotopic (exact) mass is 510 g/mol. The Balaban J connectivity index is 0.00000261. The smallest absolute Gasteiger partial charge is 0.386 e. The molecule has 3 aromatic carbocycles. The van der Waals surface area contributed by atoms with Gasteiger partial charge in [0.25, 0.3) is 0 Å². The van der Waals surface area contributed by atoms with E-state index in [1.807, 2.05) is 57.2 Å². The summed E-state index contributed by atoms with van der Waals surface area (Å²) in [7, 11) is -3.93. The van der Waals surface area contributed by atoms with Gasteiger partial charge in [-0.3, -0.25) is 0 Å². The molecule has 0 heterocycles. The molecule has 0 bridgehead atoms. The van der Waals surface area contributed by atoms with E-state index in [0.29, 0.717) is 17.2 Å². The minimum atomic E-state index is -3.93. The first kappa shape index (κ1) is 21.9. The van der Waals surface area contributed by atoms with Crippen molar-refractivity contribution in [3.05, 3.63) is 89.5 Å². The zero-order valence-corrected chi connectivity index (χ0v) is 19.6. The Morgan fingerprint density at radius 2 is 0.741 bits per heavy atom. The van der Waals surface area contributed by atoms with Crippen molar-refractivity contribution >= 4 is 7.82 Å². The minimum Gasteiger partial charge on any atom is -0.386 e. The van der Waals surface area contributed by atoms with Crippen LogP contribution in [-0.4, -0.2) is 0 Å². The van der Waals surface area contributed by atoms with Gasteiger partial charge in [-0.2, -0.15) is 4.57 Å². The van der Waals surface area contributed by atoms with Crippen LogP contribution in [0.2, 0.25) is 0 Å². The first-order chi connectivity index (χ1) is 12.4. The largest absolute Gasteiger partial charge is 0.647 e. The van der Waals surface area contributed by atoms with Crippen LogP contribution in [0.1, 0.15) is 16.7 Å². The summed E-state index contributed by atoms with van der Waals surface area (Å²) in [6.45, 7) is 5.90. The molecule has 0 amide bonds. The van der Waals surface area contributed by atoms with Crippen molar-refractivity contribution in [2.75, 3.05) is 0 Å². The van der Waals surface area contributed by atoms with E-state index in [1.54, 1.807) is 36.4 Å². The van der Waals surface area contributed by atoms with Crippen molar-refractivity contribution in [2.45, 2.75) is 20.8 Å². The molecule has 27 heavy (non-hydrogen) atoms. The molecular weight excluding hydrogens is 491 g/mol. The van der Waals surface area contributed by atoms with Gasteiger partial charge in [0.15, 0.2) is 0 Å². The van der Waals surface area contributed by atoms with Crippen LogP contribution in [0.5, 0.6) is 17.2 Å². The fourth-order valence-corrected chi connectivity index (χ4v) is 3.49. The van der Waals surface area contributed by atoms with Crippen molar-refractivity contribution in [1.82, 2.24) is 0 Å². The molecule has 0 aliphatic rings. The van der Waals surface area contributed by atoms with Crippen molar-refractivity contribution in [2.24, 2.45) is 0 Å². The molecule has 0 aliphatic carbocycles. The number of hydrogen-bond donors (Lipinski definition) is 0. The maximum atomic E-state index is 13.3. The number of benzene rings is 3. The van der Waals surface area contributed by atoms with Gasteiger partial charge in [-0.05, 0) is 57.2 Å². The number of hydrogen-bond acceptors (Lipinski definition) is 4. The summed E-state index contributed by atoms with van der Waals surface area (Å²) in [5, 5.41) is 0. The molecule has 138 valence electrons. The van der Waals surface area contributed by atoms with E-state index in [1.165, 1.54) is 0 Å². The Labute approximate surface area is 193 Å². The maximum Gasteiger partial charge on any atom is 0.647 e. The van der Waals surface area contributed by atoms with Crippen molar-refractivity contribution in [3.8, 4) is 17.2 Å². The fraction of sp³-hybridized carbons (Fsp3) is 0.143. The van der Waals surface area contributed by atoms with E-state index in [-0.39, 0.29) is 40.8 Å². The van der Waals surface area contributed by atoms with E-state index in [2.05, 4.69) is 0 Å². The van der Waals surface area contributed by atoms with Crippen molar-refractivity contribution in [3.63, 3.8) is 0 Å². The number of phosphoric ester groups is 1. The van der Waals surface area contributed by atoms with Gasteiger partial charge in [-0.1, -0.05) is 53.1 Å². The van der Waals surface area contributed by atoms with Crippen LogP contribution in [0.4, 0.5) is 0 Å². The third-order valence-corrected chi connectivity index (χ3v) is 5.02. The summed E-state index contributed by atoms with van der Waals surface area (Å²) < 4.78 is 30.2. The third-order valence-electron chi connectivity index (χ3n) is 3.71. The summed E-state index contributed by atoms with van der Waals surface area (Å²) in [4.78, 5) is 0. The van der Waals surface area contributed by atoms with Gasteiger partial charge >= 0.3 is 7.82 Å². The van der Waals surface area contributed by atoms with E-state index in [0.717, 1.165) is 16.7 Å². The third kappa shape index (κ3) is 6.63. The molecule has 0 unspecified atom stereocenters. The minimum absolute atomic E-state index is 0. The zero-order valence-electron chi connectivity index (χ0n) is 15.5. The molecule has 0 radical (unpaired) electrons. The molecule has 0 saturated heterocycles. The van der Waals surface area contributed by atoms with Crippen molar-refractivity contribution in [1.29, 1.82) is 0 Å². The maximum absolute atomic E-state index is 13.3. The Morgan fingerprint density at radius 1 is 0.519 bits per heavy atom. The molecule has 0 saturated carbocycles. The normalized spacial score (nSPS) is 10.6. The van der Waals surface area contributed by atoms with Crippen LogP contribution in [0, 0.1) is 61.6 Å². The predicted octanol–water partition coefficient (Wildman–Crippen LogP) is 6.26. The summed E-state index contributed by atoms with van der Waals surface area (Å²) in [6, 6.07) is 21.6. The second-order valence-electron chi connectivity index (χ2n) is 6.16. The van der Waals surface area contributed by atoms with Crippen LogP contribution in [0.15, 0.2) is 72.8 Å². The summed E-state index contributed by atoms with van der Waals surface area (Å²) in [5.74, 6) is 1.24. The second kappa shape index (κ2) is 9.72. The Hall–Kier alpha value is -1.36. The molecule has 3 rings (SSSR count). The van der Waals surface area contributed by atoms with Gasteiger partial charge < -0.3 is 13.6 Å². The first-order valence-electron chi connectivity index (χ1n) is 8.31. The Bertz CT molecular complexity index is 784. The van der Waals surface area contributed by atoms with Gasteiger partial charge in [-0.15, -0.1) is 0 Å². The van der Waals surface area contributed by atoms with E-state index in [9.17, 15) is 4.57 Å². The molecular formula is C21H21NdO4P. The summed E-state index contributed by atoms with van der Waals surface area (Å²) in [6.07, 6.45) is 0. The Kier molecular flexibility index (Phi) is 7.90. The van der Waals surface area contributed by atoms with Gasteiger partial charge in [0.2, 0.25) is 0 Å². The van der Waals surface area contributed by atoms with Crippen LogP contribution in [-0.2, 0) is 4.57 Å². The quantitative estimate of drug-likeness (QED) is 0.366. The molecule has 0 N–H and O–H groups in total. The van der Waals surface area contributed by atoms with Gasteiger partial charge in [0.05, 0.1) is 0 Å². The molecule has 0 spiro atoms. The number of rotatable bonds is 6. The second-order valence-corrected chi connectivity index (χ2v) is 7.60. The van der Waals surface area contributed by atoms with Crippen LogP contribution < -0.4 is 13.6 Å². The topological polar surface area (TPSA) is 44.8 Å². The fourth-order valence-electron chi connectivity index (χ4n) is 2.24. The molecule has 0 fully saturated rings. The standard InChI is InChI=1S/C21H21O4P.Nd/c1-16-4-10-19(11-5-16)23-26(22,24-20-12-6-17(2)7-13-20)25-21-14-8-18(3)9-15-21;/h4-15H,1-3H3;. The molecule has 0 aliphatic heterocycles. The SMILES string of the molecule is Cc1ccc(OP(=O)(Oc2ccc(C)cc2)Oc2ccc(C)cc2)cc1.[Nd]. The number of aryl methyl sites for hydroxylation is 3. The van der Waals surface area contributed by atoms with Crippen LogP contribution in [0.3, 0.4) is 0 Å². The molecule has 3 aromatic rings. The number of phosphoric acid groups is 1. The van der Waals surface area contributed by atoms with Gasteiger partial charge in [0, 0.05) is 40.8 Å². The molecule has 0 atom stereocenters. The molecule has 0 aromatic heterocycles. The van der Waals surface area contributed by atoms with E-state index >= 15 is 0 Å². The molecule has 6 heteroatoms. The van der Waals surface area contributed by atoms with Crippen molar-refractivity contribution < 1.29 is 59.0 Å². The average molecular weight is 513 g/mol. The van der Waals surface area contributed by atoms with E-state index in [4.69, 9.17) is 13.6 Å². The first-order valence-corrected chi connectivity index (χ1v) is 9.77. The zero-order chi connectivity index (χ0) is 18.6. The Morgan fingerprint density at radius 3 is 0.963 bits per heavy atom. The van der Waals surface area contributed by atoms with Gasteiger partial charge in [-0.25, -0.2) is 0 Å². The van der Waals surface area contributed by atoms with E-state index < -0.39 is 7.82 Å². The molecule has 4 nitrogen and oxygen atoms in total.